The fraction of sp³-hybridized carbons (Fsp3) is 0.444. The molecule has 1 aromatic carbocycles. The van der Waals surface area contributed by atoms with Crippen molar-refractivity contribution >= 4 is 27.5 Å². The molecule has 3 nitrogen and oxygen atoms in total. The first-order valence-electron chi connectivity index (χ1n) is 7.92. The van der Waals surface area contributed by atoms with Crippen molar-refractivity contribution in [3.8, 4) is 0 Å². The maximum atomic E-state index is 12.3. The molecule has 1 fully saturated rings. The van der Waals surface area contributed by atoms with Crippen LogP contribution in [0.25, 0.3) is 0 Å². The molecule has 1 amide bonds. The van der Waals surface area contributed by atoms with Crippen LogP contribution in [-0.4, -0.2) is 11.6 Å². The first-order valence-corrected chi connectivity index (χ1v) is 8.71. The minimum absolute atomic E-state index is 0.0911. The van der Waals surface area contributed by atoms with Crippen molar-refractivity contribution in [3.63, 3.8) is 0 Å². The van der Waals surface area contributed by atoms with E-state index >= 15 is 0 Å². The van der Waals surface area contributed by atoms with E-state index in [4.69, 9.17) is 0 Å². The van der Waals surface area contributed by atoms with Crippen LogP contribution in [0.3, 0.4) is 0 Å². The number of amides is 1. The summed E-state index contributed by atoms with van der Waals surface area (Å²) >= 11 is 3.42. The summed E-state index contributed by atoms with van der Waals surface area (Å²) < 4.78 is 1.04. The monoisotopic (exact) mass is 360 g/mol. The molecule has 0 aromatic heterocycles. The number of carbonyl (C=O) groups is 1. The Kier molecular flexibility index (Phi) is 4.77. The summed E-state index contributed by atoms with van der Waals surface area (Å²) in [5, 5.41) is 4.28. The summed E-state index contributed by atoms with van der Waals surface area (Å²) in [4.78, 5) is 12.3. The molecule has 0 aliphatic heterocycles. The Balaban J connectivity index is 1.58. The lowest BCUT2D eigenvalue weighted by molar-refractivity contribution is -0.122. The molecule has 1 N–H and O–H groups in total. The lowest BCUT2D eigenvalue weighted by Crippen LogP contribution is -2.22. The fourth-order valence-electron chi connectivity index (χ4n) is 3.40. The van der Waals surface area contributed by atoms with Gasteiger partial charge in [0.15, 0.2) is 0 Å². The van der Waals surface area contributed by atoms with Crippen molar-refractivity contribution in [1.82, 2.24) is 5.43 Å². The zero-order valence-electron chi connectivity index (χ0n) is 12.8. The quantitative estimate of drug-likeness (QED) is 0.487. The Morgan fingerprint density at radius 2 is 1.73 bits per heavy atom. The third kappa shape index (κ3) is 3.49. The van der Waals surface area contributed by atoms with Gasteiger partial charge in [0.1, 0.15) is 0 Å². The first-order chi connectivity index (χ1) is 10.7. The van der Waals surface area contributed by atoms with E-state index in [1.807, 2.05) is 31.2 Å². The van der Waals surface area contributed by atoms with Crippen LogP contribution < -0.4 is 5.43 Å². The van der Waals surface area contributed by atoms with Crippen molar-refractivity contribution in [2.75, 3.05) is 0 Å². The van der Waals surface area contributed by atoms with E-state index < -0.39 is 0 Å². The average molecular weight is 361 g/mol. The van der Waals surface area contributed by atoms with Gasteiger partial charge in [0.25, 0.3) is 0 Å². The second kappa shape index (κ2) is 6.78. The third-order valence-electron chi connectivity index (χ3n) is 4.73. The highest BCUT2D eigenvalue weighted by Gasteiger charge is 2.53. The molecule has 2 atom stereocenters. The lowest BCUT2D eigenvalue weighted by Gasteiger charge is -2.03. The van der Waals surface area contributed by atoms with Gasteiger partial charge in [-0.15, -0.1) is 0 Å². The number of hydrazone groups is 1. The van der Waals surface area contributed by atoms with Crippen LogP contribution in [0.15, 0.2) is 46.0 Å². The molecule has 0 saturated heterocycles. The molecule has 0 spiro atoms. The summed E-state index contributed by atoms with van der Waals surface area (Å²) in [6, 6.07) is 7.94. The van der Waals surface area contributed by atoms with Gasteiger partial charge in [0.2, 0.25) is 5.91 Å². The molecular weight excluding hydrogens is 340 g/mol. The number of hydrogen-bond acceptors (Lipinski definition) is 2. The highest BCUT2D eigenvalue weighted by molar-refractivity contribution is 9.10. The van der Waals surface area contributed by atoms with Gasteiger partial charge in [-0.1, -0.05) is 40.2 Å². The van der Waals surface area contributed by atoms with E-state index in [9.17, 15) is 4.79 Å². The lowest BCUT2D eigenvalue weighted by atomic mass is 10.1. The third-order valence-corrected chi connectivity index (χ3v) is 5.26. The topological polar surface area (TPSA) is 41.5 Å². The summed E-state index contributed by atoms with van der Waals surface area (Å²) in [6.45, 7) is 1.92. The van der Waals surface area contributed by atoms with Crippen molar-refractivity contribution in [2.45, 2.75) is 32.6 Å². The summed E-state index contributed by atoms with van der Waals surface area (Å²) in [6.07, 6.45) is 8.97. The van der Waals surface area contributed by atoms with Gasteiger partial charge in [-0.05, 0) is 62.1 Å². The van der Waals surface area contributed by atoms with E-state index in [-0.39, 0.29) is 11.8 Å². The fourth-order valence-corrected chi connectivity index (χ4v) is 3.67. The van der Waals surface area contributed by atoms with Crippen LogP contribution in [0.5, 0.6) is 0 Å². The van der Waals surface area contributed by atoms with Gasteiger partial charge in [0.05, 0.1) is 5.71 Å². The van der Waals surface area contributed by atoms with Gasteiger partial charge in [-0.3, -0.25) is 4.79 Å². The molecule has 0 unspecified atom stereocenters. The molecule has 2 aliphatic carbocycles. The summed E-state index contributed by atoms with van der Waals surface area (Å²) in [7, 11) is 0. The number of nitrogens with one attached hydrogen (secondary N) is 1. The van der Waals surface area contributed by atoms with E-state index in [2.05, 4.69) is 38.6 Å². The summed E-state index contributed by atoms with van der Waals surface area (Å²) in [5.74, 6) is 1.39. The van der Waals surface area contributed by atoms with Crippen molar-refractivity contribution in [3.05, 3.63) is 46.5 Å². The molecular formula is C18H21BrN2O. The molecule has 116 valence electrons. The number of allylic oxidation sites excluding steroid dienone is 2. The Bertz CT molecular complexity index is 590. The van der Waals surface area contributed by atoms with Crippen LogP contribution in [0.2, 0.25) is 0 Å². The van der Waals surface area contributed by atoms with Crippen LogP contribution >= 0.6 is 15.9 Å². The maximum Gasteiger partial charge on any atom is 0.243 e. The Morgan fingerprint density at radius 1 is 1.14 bits per heavy atom. The first kappa shape index (κ1) is 15.5. The molecule has 4 heteroatoms. The number of benzene rings is 1. The number of carbonyl (C=O) groups excluding carboxylic acids is 1. The van der Waals surface area contributed by atoms with Gasteiger partial charge >= 0.3 is 0 Å². The van der Waals surface area contributed by atoms with Gasteiger partial charge in [-0.2, -0.15) is 5.10 Å². The largest absolute Gasteiger partial charge is 0.273 e. The zero-order chi connectivity index (χ0) is 15.5. The minimum Gasteiger partial charge on any atom is -0.273 e. The van der Waals surface area contributed by atoms with Crippen LogP contribution in [0.4, 0.5) is 0 Å². The Morgan fingerprint density at radius 3 is 2.32 bits per heavy atom. The molecule has 1 saturated carbocycles. The van der Waals surface area contributed by atoms with E-state index in [0.29, 0.717) is 11.8 Å². The average Bonchev–Trinajstić information content (AvgIpc) is 3.16. The number of hydrogen-bond donors (Lipinski definition) is 1. The number of fused-ring (bicyclic) bond motifs is 1. The van der Waals surface area contributed by atoms with Gasteiger partial charge in [0, 0.05) is 10.4 Å². The minimum atomic E-state index is 0.0911. The molecule has 2 aliphatic rings. The smallest absolute Gasteiger partial charge is 0.243 e. The zero-order valence-corrected chi connectivity index (χ0v) is 14.3. The predicted molar refractivity (Wildman–Crippen MR) is 92.6 cm³/mol. The van der Waals surface area contributed by atoms with Gasteiger partial charge < -0.3 is 0 Å². The van der Waals surface area contributed by atoms with Crippen LogP contribution in [0, 0.1) is 17.8 Å². The number of halogens is 1. The number of rotatable bonds is 3. The molecule has 22 heavy (non-hydrogen) atoms. The van der Waals surface area contributed by atoms with Gasteiger partial charge in [-0.25, -0.2) is 5.43 Å². The molecule has 1 aromatic rings. The SMILES string of the molecule is C/C(=N\NC(=O)C1[C@@H]2CCC=CCC[C@@H]12)c1ccc(Br)cc1. The molecule has 0 bridgehead atoms. The normalized spacial score (nSPS) is 27.5. The summed E-state index contributed by atoms with van der Waals surface area (Å²) in [5.41, 5.74) is 4.63. The number of nitrogens with zero attached hydrogens (tertiary/aromatic N) is 1. The van der Waals surface area contributed by atoms with Crippen molar-refractivity contribution in [1.29, 1.82) is 0 Å². The van der Waals surface area contributed by atoms with E-state index in [1.165, 1.54) is 0 Å². The predicted octanol–water partition coefficient (Wildman–Crippen LogP) is 4.28. The highest BCUT2D eigenvalue weighted by atomic mass is 79.9. The van der Waals surface area contributed by atoms with Crippen LogP contribution in [0.1, 0.15) is 38.2 Å². The molecule has 0 radical (unpaired) electrons. The Hall–Kier alpha value is -1.42. The van der Waals surface area contributed by atoms with E-state index in [1.54, 1.807) is 0 Å². The van der Waals surface area contributed by atoms with Crippen LogP contribution in [-0.2, 0) is 4.79 Å². The van der Waals surface area contributed by atoms with Crippen molar-refractivity contribution in [2.24, 2.45) is 22.9 Å². The second-order valence-corrected chi connectivity index (χ2v) is 7.08. The maximum absolute atomic E-state index is 12.3. The standard InChI is InChI=1S/C18H21BrN2O/c1-12(13-8-10-14(19)11-9-13)20-21-18(22)17-15-6-4-2-3-5-7-16(15)17/h2-3,8-11,15-17H,4-7H2,1H3,(H,21,22)/b3-2?,20-12+/t15-,16-/m1/s1. The second-order valence-electron chi connectivity index (χ2n) is 6.16. The molecule has 3 rings (SSSR count). The highest BCUT2D eigenvalue weighted by Crippen LogP contribution is 2.52. The molecule has 0 heterocycles. The Labute approximate surface area is 140 Å². The van der Waals surface area contributed by atoms with Crippen molar-refractivity contribution < 1.29 is 4.79 Å². The van der Waals surface area contributed by atoms with E-state index in [0.717, 1.165) is 41.4 Å².